The molecular weight excluding hydrogens is 177 g/mol. The maximum atomic E-state index is 10.4. The van der Waals surface area contributed by atoms with Crippen molar-refractivity contribution in [3.63, 3.8) is 0 Å². The first kappa shape index (κ1) is 13.2. The van der Waals surface area contributed by atoms with Crippen molar-refractivity contribution in [1.29, 1.82) is 0 Å². The van der Waals surface area contributed by atoms with Gasteiger partial charge >= 0.3 is 24.8 Å². The van der Waals surface area contributed by atoms with E-state index in [0.29, 0.717) is 12.1 Å². The normalized spacial score (nSPS) is 11.6. The van der Waals surface area contributed by atoms with E-state index in [1.54, 1.807) is 13.0 Å². The van der Waals surface area contributed by atoms with Crippen molar-refractivity contribution < 1.29 is 35.3 Å². The Balaban J connectivity index is 0. The Morgan fingerprint density at radius 3 is 2.64 bits per heavy atom. The molecule has 0 amide bonds. The van der Waals surface area contributed by atoms with Gasteiger partial charge in [0.25, 0.3) is 0 Å². The predicted molar refractivity (Wildman–Crippen MR) is 47.7 cm³/mol. The van der Waals surface area contributed by atoms with Crippen LogP contribution in [0.5, 0.6) is 0 Å². The van der Waals surface area contributed by atoms with Crippen LogP contribution in [0.15, 0.2) is 18.3 Å². The number of nitrogens with zero attached hydrogens (tertiary/aromatic N) is 1. The smallest absolute Gasteiger partial charge is 1.00 e. The molecule has 0 aliphatic carbocycles. The summed E-state index contributed by atoms with van der Waals surface area (Å²) in [6, 6.07) is 3.09. The van der Waals surface area contributed by atoms with Gasteiger partial charge in [-0.05, 0) is 19.1 Å². The molecule has 0 aliphatic heterocycles. The Bertz CT molecular complexity index is 303. The minimum absolute atomic E-state index is 0. The van der Waals surface area contributed by atoms with E-state index in [9.17, 15) is 4.79 Å². The standard InChI is InChI=1S/C9H11NO3.Li.H/c1-6(11)4-8-3-2-7(5-10-8)9(12)13;;/h2-3,5-6,11H,4H2,1H3,(H,12,13);;/q;+1;-1. The molecule has 72 valence electrons. The number of hydrogen-bond acceptors (Lipinski definition) is 3. The van der Waals surface area contributed by atoms with Crippen LogP contribution in [0.2, 0.25) is 0 Å². The Morgan fingerprint density at radius 2 is 2.29 bits per heavy atom. The van der Waals surface area contributed by atoms with Crippen LogP contribution >= 0.6 is 0 Å². The van der Waals surface area contributed by atoms with Crippen LogP contribution in [0.4, 0.5) is 0 Å². The first-order valence-corrected chi connectivity index (χ1v) is 3.96. The molecule has 1 aromatic rings. The number of hydrogen-bond donors (Lipinski definition) is 2. The number of pyridine rings is 1. The minimum Gasteiger partial charge on any atom is -1.00 e. The van der Waals surface area contributed by atoms with Gasteiger partial charge in [0.2, 0.25) is 0 Å². The molecular formula is C9H12LiNO3. The van der Waals surface area contributed by atoms with Crippen molar-refractivity contribution in [2.24, 2.45) is 0 Å². The summed E-state index contributed by atoms with van der Waals surface area (Å²) in [5.41, 5.74) is 0.856. The third-order valence-electron chi connectivity index (χ3n) is 1.58. The average Bonchev–Trinajstić information content (AvgIpc) is 2.04. The maximum Gasteiger partial charge on any atom is 1.00 e. The van der Waals surface area contributed by atoms with Gasteiger partial charge in [-0.2, -0.15) is 0 Å². The first-order chi connectivity index (χ1) is 6.09. The number of aromatic carboxylic acids is 1. The number of rotatable bonds is 3. The molecule has 4 nitrogen and oxygen atoms in total. The summed E-state index contributed by atoms with van der Waals surface area (Å²) < 4.78 is 0. The van der Waals surface area contributed by atoms with E-state index in [2.05, 4.69) is 4.98 Å². The molecule has 0 radical (unpaired) electrons. The van der Waals surface area contributed by atoms with Crippen molar-refractivity contribution in [3.8, 4) is 0 Å². The van der Waals surface area contributed by atoms with Gasteiger partial charge < -0.3 is 11.6 Å². The molecule has 14 heavy (non-hydrogen) atoms. The zero-order chi connectivity index (χ0) is 9.84. The molecule has 1 aromatic heterocycles. The third-order valence-corrected chi connectivity index (χ3v) is 1.58. The molecule has 2 N–H and O–H groups in total. The fourth-order valence-corrected chi connectivity index (χ4v) is 0.974. The van der Waals surface area contributed by atoms with Crippen molar-refractivity contribution in [2.75, 3.05) is 0 Å². The first-order valence-electron chi connectivity index (χ1n) is 3.96. The molecule has 1 unspecified atom stereocenters. The van der Waals surface area contributed by atoms with E-state index in [1.807, 2.05) is 0 Å². The number of aliphatic hydroxyl groups excluding tert-OH is 1. The molecule has 1 rings (SSSR count). The quantitative estimate of drug-likeness (QED) is 0.530. The molecule has 5 heteroatoms. The molecule has 0 bridgehead atoms. The number of carboxylic acid groups (broad SMARTS) is 1. The van der Waals surface area contributed by atoms with Crippen LogP contribution in [0.1, 0.15) is 24.4 Å². The van der Waals surface area contributed by atoms with Gasteiger partial charge in [0.05, 0.1) is 11.7 Å². The second-order valence-electron chi connectivity index (χ2n) is 2.90. The second-order valence-corrected chi connectivity index (χ2v) is 2.90. The van der Waals surface area contributed by atoms with Crippen LogP contribution in [0.25, 0.3) is 0 Å². The average molecular weight is 189 g/mol. The molecule has 0 aromatic carbocycles. The minimum atomic E-state index is -0.990. The summed E-state index contributed by atoms with van der Waals surface area (Å²) in [7, 11) is 0. The second kappa shape index (κ2) is 5.81. The van der Waals surface area contributed by atoms with Gasteiger partial charge in [-0.3, -0.25) is 4.98 Å². The summed E-state index contributed by atoms with van der Waals surface area (Å²) in [4.78, 5) is 14.3. The van der Waals surface area contributed by atoms with Crippen LogP contribution in [0, 0.1) is 0 Å². The van der Waals surface area contributed by atoms with Crippen molar-refractivity contribution in [3.05, 3.63) is 29.6 Å². The fraction of sp³-hybridized carbons (Fsp3) is 0.333. The van der Waals surface area contributed by atoms with Crippen LogP contribution in [0.3, 0.4) is 0 Å². The van der Waals surface area contributed by atoms with Gasteiger partial charge in [0.1, 0.15) is 0 Å². The monoisotopic (exact) mass is 189 g/mol. The van der Waals surface area contributed by atoms with Crippen molar-refractivity contribution in [1.82, 2.24) is 4.98 Å². The number of carbonyl (C=O) groups is 1. The van der Waals surface area contributed by atoms with E-state index >= 15 is 0 Å². The summed E-state index contributed by atoms with van der Waals surface area (Å²) in [6.07, 6.45) is 1.28. The number of aromatic nitrogens is 1. The molecule has 0 spiro atoms. The third kappa shape index (κ3) is 3.92. The van der Waals surface area contributed by atoms with Crippen molar-refractivity contribution >= 4 is 5.97 Å². The van der Waals surface area contributed by atoms with E-state index in [-0.39, 0.29) is 25.9 Å². The molecule has 1 atom stereocenters. The summed E-state index contributed by atoms with van der Waals surface area (Å²) in [6.45, 7) is 1.66. The topological polar surface area (TPSA) is 70.4 Å². The van der Waals surface area contributed by atoms with Crippen molar-refractivity contribution in [2.45, 2.75) is 19.4 Å². The fourth-order valence-electron chi connectivity index (χ4n) is 0.974. The van der Waals surface area contributed by atoms with E-state index < -0.39 is 12.1 Å². The summed E-state index contributed by atoms with van der Waals surface area (Å²) >= 11 is 0. The van der Waals surface area contributed by atoms with Gasteiger partial charge in [-0.25, -0.2) is 4.79 Å². The molecule has 0 fully saturated rings. The SMILES string of the molecule is CC(O)Cc1ccc(C(=O)O)cn1.[H-].[Li+]. The van der Waals surface area contributed by atoms with Gasteiger partial charge in [-0.1, -0.05) is 0 Å². The zero-order valence-electron chi connectivity index (χ0n) is 9.27. The Labute approximate surface area is 95.6 Å². The van der Waals surface area contributed by atoms with Crippen LogP contribution in [-0.4, -0.2) is 27.3 Å². The van der Waals surface area contributed by atoms with Crippen LogP contribution in [-0.2, 0) is 6.42 Å². The predicted octanol–water partition coefficient (Wildman–Crippen LogP) is -2.18. The van der Waals surface area contributed by atoms with Gasteiger partial charge in [0.15, 0.2) is 0 Å². The number of carboxylic acids is 1. The van der Waals surface area contributed by atoms with E-state index in [1.165, 1.54) is 12.3 Å². The Hall–Kier alpha value is -0.823. The molecule has 0 aliphatic rings. The Morgan fingerprint density at radius 1 is 1.64 bits per heavy atom. The Kier molecular flexibility index (Phi) is 5.47. The van der Waals surface area contributed by atoms with Crippen LogP contribution < -0.4 is 18.9 Å². The van der Waals surface area contributed by atoms with Gasteiger partial charge in [-0.15, -0.1) is 0 Å². The largest absolute Gasteiger partial charge is 1.00 e. The van der Waals surface area contributed by atoms with Gasteiger partial charge in [0, 0.05) is 18.3 Å². The molecule has 0 saturated carbocycles. The molecule has 0 saturated heterocycles. The maximum absolute atomic E-state index is 10.4. The number of aliphatic hydroxyl groups is 1. The zero-order valence-corrected chi connectivity index (χ0v) is 8.27. The van der Waals surface area contributed by atoms with E-state index in [4.69, 9.17) is 10.2 Å². The molecule has 1 heterocycles. The summed E-state index contributed by atoms with van der Waals surface area (Å²) in [5, 5.41) is 17.6. The van der Waals surface area contributed by atoms with E-state index in [0.717, 1.165) is 0 Å². The summed E-state index contributed by atoms with van der Waals surface area (Å²) in [5.74, 6) is -0.990.